The molecule has 0 atom stereocenters. The van der Waals surface area contributed by atoms with Crippen LogP contribution in [0.25, 0.3) is 28.1 Å². The molecule has 2 aromatic heterocycles. The zero-order valence-corrected chi connectivity index (χ0v) is 17.8. The third-order valence-electron chi connectivity index (χ3n) is 6.03. The van der Waals surface area contributed by atoms with E-state index in [4.69, 9.17) is 10.3 Å². The van der Waals surface area contributed by atoms with Crippen molar-refractivity contribution in [2.45, 2.75) is 26.3 Å². The number of hydrogen-bond acceptors (Lipinski definition) is 6. The van der Waals surface area contributed by atoms with E-state index in [-0.39, 0.29) is 12.5 Å². The van der Waals surface area contributed by atoms with E-state index in [9.17, 15) is 14.9 Å². The van der Waals surface area contributed by atoms with Gasteiger partial charge in [-0.15, -0.1) is 0 Å². The Bertz CT molecular complexity index is 1440. The first-order chi connectivity index (χ1) is 15.9. The lowest BCUT2D eigenvalue weighted by molar-refractivity contribution is -0.135. The summed E-state index contributed by atoms with van der Waals surface area (Å²) in [4.78, 5) is 28.2. The number of para-hydroxylation sites is 1. The van der Waals surface area contributed by atoms with Crippen LogP contribution in [0, 0.1) is 23.7 Å². The van der Waals surface area contributed by atoms with Gasteiger partial charge in [0.2, 0.25) is 23.5 Å². The Labute approximate surface area is 188 Å². The molecule has 0 saturated heterocycles. The summed E-state index contributed by atoms with van der Waals surface area (Å²) in [6.45, 7) is 1.98. The highest BCUT2D eigenvalue weighted by Crippen LogP contribution is 2.45. The lowest BCUT2D eigenvalue weighted by atomic mass is 10.1. The predicted molar refractivity (Wildman–Crippen MR) is 119 cm³/mol. The fourth-order valence-electron chi connectivity index (χ4n) is 4.05. The first-order valence-electron chi connectivity index (χ1n) is 10.5. The molecule has 2 amide bonds. The fourth-order valence-corrected chi connectivity index (χ4v) is 4.05. The number of nitriles is 1. The van der Waals surface area contributed by atoms with Crippen LogP contribution in [0.1, 0.15) is 29.9 Å². The molecule has 0 unspecified atom stereocenters. The van der Waals surface area contributed by atoms with Crippen LogP contribution in [0.15, 0.2) is 53.1 Å². The highest BCUT2D eigenvalue weighted by atomic mass is 16.5. The number of nitrogens with one attached hydrogen (secondary N) is 1. The zero-order valence-electron chi connectivity index (χ0n) is 17.8. The summed E-state index contributed by atoms with van der Waals surface area (Å²) in [6.07, 6.45) is 0.987. The van der Waals surface area contributed by atoms with Crippen molar-refractivity contribution in [2.75, 3.05) is 0 Å². The van der Waals surface area contributed by atoms with Crippen molar-refractivity contribution in [3.63, 3.8) is 0 Å². The van der Waals surface area contributed by atoms with Gasteiger partial charge in [0.05, 0.1) is 11.1 Å². The average molecular weight is 440 g/mol. The maximum absolute atomic E-state index is 12.3. The van der Waals surface area contributed by atoms with Crippen LogP contribution in [-0.4, -0.2) is 26.5 Å². The molecule has 2 heterocycles. The van der Waals surface area contributed by atoms with Gasteiger partial charge in [0.25, 0.3) is 0 Å². The van der Waals surface area contributed by atoms with Gasteiger partial charge in [-0.3, -0.25) is 9.59 Å². The summed E-state index contributed by atoms with van der Waals surface area (Å²) in [7, 11) is 0. The monoisotopic (exact) mass is 440 g/mol. The molecule has 1 aliphatic carbocycles. The van der Waals surface area contributed by atoms with E-state index < -0.39 is 11.3 Å². The van der Waals surface area contributed by atoms with Crippen LogP contribution >= 0.6 is 0 Å². The van der Waals surface area contributed by atoms with Crippen molar-refractivity contribution in [1.29, 1.82) is 5.26 Å². The Kier molecular flexibility index (Phi) is 4.71. The minimum absolute atomic E-state index is 0.279. The Morgan fingerprint density at radius 3 is 2.55 bits per heavy atom. The summed E-state index contributed by atoms with van der Waals surface area (Å²) in [5.74, 6) is -0.171. The second-order valence-electron chi connectivity index (χ2n) is 8.12. The SMILES string of the molecule is Cc1nc(-c2c(C#N)c3ccccc3n2-c2ccc(CNC(=O)C3(C(N)=O)CC3)cc2)no1. The highest BCUT2D eigenvalue weighted by Gasteiger charge is 2.55. The molecule has 164 valence electrons. The number of aryl methyl sites for hydroxylation is 1. The van der Waals surface area contributed by atoms with E-state index >= 15 is 0 Å². The first-order valence-corrected chi connectivity index (χ1v) is 10.5. The van der Waals surface area contributed by atoms with Gasteiger partial charge in [-0.2, -0.15) is 10.2 Å². The van der Waals surface area contributed by atoms with Gasteiger partial charge >= 0.3 is 0 Å². The molecule has 9 nitrogen and oxygen atoms in total. The topological polar surface area (TPSA) is 140 Å². The third-order valence-corrected chi connectivity index (χ3v) is 6.03. The highest BCUT2D eigenvalue weighted by molar-refractivity contribution is 6.07. The van der Waals surface area contributed by atoms with E-state index in [1.807, 2.05) is 53.1 Å². The molecule has 0 radical (unpaired) electrons. The van der Waals surface area contributed by atoms with Gasteiger partial charge in [0, 0.05) is 24.5 Å². The summed E-state index contributed by atoms with van der Waals surface area (Å²) < 4.78 is 7.09. The number of carbonyl (C=O) groups is 2. The van der Waals surface area contributed by atoms with Gasteiger partial charge in [-0.1, -0.05) is 35.5 Å². The molecule has 33 heavy (non-hydrogen) atoms. The minimum Gasteiger partial charge on any atom is -0.369 e. The smallest absolute Gasteiger partial charge is 0.235 e. The van der Waals surface area contributed by atoms with Gasteiger partial charge in [-0.25, -0.2) is 0 Å². The van der Waals surface area contributed by atoms with Crippen molar-refractivity contribution < 1.29 is 14.1 Å². The normalized spacial score (nSPS) is 14.1. The number of aromatic nitrogens is 3. The van der Waals surface area contributed by atoms with E-state index in [0.29, 0.717) is 35.8 Å². The van der Waals surface area contributed by atoms with E-state index in [0.717, 1.165) is 22.2 Å². The second kappa shape index (κ2) is 7.60. The number of nitrogens with zero attached hydrogens (tertiary/aromatic N) is 4. The van der Waals surface area contributed by atoms with Gasteiger partial charge in [0.15, 0.2) is 0 Å². The van der Waals surface area contributed by atoms with Crippen LogP contribution in [-0.2, 0) is 16.1 Å². The summed E-state index contributed by atoms with van der Waals surface area (Å²) in [6, 6.07) is 17.4. The van der Waals surface area contributed by atoms with E-state index in [2.05, 4.69) is 21.5 Å². The molecule has 0 spiro atoms. The Morgan fingerprint density at radius 2 is 1.94 bits per heavy atom. The molecule has 5 rings (SSSR count). The second-order valence-corrected chi connectivity index (χ2v) is 8.12. The van der Waals surface area contributed by atoms with Crippen LogP contribution in [0.3, 0.4) is 0 Å². The van der Waals surface area contributed by atoms with Crippen molar-refractivity contribution >= 4 is 22.7 Å². The van der Waals surface area contributed by atoms with Crippen molar-refractivity contribution in [2.24, 2.45) is 11.1 Å². The summed E-state index contributed by atoms with van der Waals surface area (Å²) >= 11 is 0. The maximum atomic E-state index is 12.3. The van der Waals surface area contributed by atoms with Gasteiger partial charge in [0.1, 0.15) is 17.2 Å². The number of hydrogen-bond donors (Lipinski definition) is 2. The molecule has 0 aliphatic heterocycles. The van der Waals surface area contributed by atoms with Crippen molar-refractivity contribution in [1.82, 2.24) is 20.0 Å². The number of fused-ring (bicyclic) bond motifs is 1. The van der Waals surface area contributed by atoms with Crippen LogP contribution < -0.4 is 11.1 Å². The van der Waals surface area contributed by atoms with E-state index in [1.165, 1.54) is 0 Å². The Morgan fingerprint density at radius 1 is 1.21 bits per heavy atom. The number of primary amides is 1. The zero-order chi connectivity index (χ0) is 23.2. The lowest BCUT2D eigenvalue weighted by Gasteiger charge is -2.13. The van der Waals surface area contributed by atoms with Crippen LogP contribution in [0.4, 0.5) is 0 Å². The first kappa shape index (κ1) is 20.5. The molecule has 4 aromatic rings. The molecule has 1 saturated carbocycles. The summed E-state index contributed by atoms with van der Waals surface area (Å²) in [5, 5.41) is 17.5. The van der Waals surface area contributed by atoms with Crippen molar-refractivity contribution in [3.05, 3.63) is 65.5 Å². The predicted octanol–water partition coefficient (Wildman–Crippen LogP) is 2.74. The van der Waals surface area contributed by atoms with Crippen LogP contribution in [0.5, 0.6) is 0 Å². The molecule has 1 aliphatic rings. The Hall–Kier alpha value is -4.45. The van der Waals surface area contributed by atoms with Crippen LogP contribution in [0.2, 0.25) is 0 Å². The van der Waals surface area contributed by atoms with Crippen molar-refractivity contribution in [3.8, 4) is 23.3 Å². The lowest BCUT2D eigenvalue weighted by Crippen LogP contribution is -2.40. The largest absolute Gasteiger partial charge is 0.369 e. The molecule has 0 bridgehead atoms. The number of amides is 2. The number of benzene rings is 2. The Balaban J connectivity index is 1.50. The minimum atomic E-state index is -1.05. The van der Waals surface area contributed by atoms with Gasteiger partial charge in [-0.05, 0) is 36.6 Å². The quantitative estimate of drug-likeness (QED) is 0.442. The van der Waals surface area contributed by atoms with Gasteiger partial charge < -0.3 is 20.1 Å². The third kappa shape index (κ3) is 3.32. The molecule has 9 heteroatoms. The molecular formula is C24H20N6O3. The molecule has 1 fully saturated rings. The maximum Gasteiger partial charge on any atom is 0.235 e. The summed E-state index contributed by atoms with van der Waals surface area (Å²) in [5.41, 5.74) is 7.83. The van der Waals surface area contributed by atoms with E-state index in [1.54, 1.807) is 6.92 Å². The number of nitrogens with two attached hydrogens (primary N) is 1. The fraction of sp³-hybridized carbons (Fsp3) is 0.208. The molecular weight excluding hydrogens is 420 g/mol. The number of carbonyl (C=O) groups excluding carboxylic acids is 2. The average Bonchev–Trinajstić information content (AvgIpc) is 3.44. The number of rotatable bonds is 6. The standard InChI is InChI=1S/C24H20N6O3/c1-14-28-21(29-33-14)20-18(12-25)17-4-2-3-5-19(17)30(20)16-8-6-15(7-9-16)13-27-23(32)24(10-11-24)22(26)31/h2-9H,10-11,13H2,1H3,(H2,26,31)(H,27,32). The molecule has 3 N–H and O–H groups in total. The molecule has 2 aromatic carbocycles.